The van der Waals surface area contributed by atoms with E-state index in [-0.39, 0.29) is 10.6 Å². The minimum Gasteiger partial charge on any atom is -0.261 e. The van der Waals surface area contributed by atoms with Crippen LogP contribution in [0.25, 0.3) is 0 Å². The summed E-state index contributed by atoms with van der Waals surface area (Å²) in [4.78, 5) is 4.52. The van der Waals surface area contributed by atoms with Gasteiger partial charge in [-0.25, -0.2) is 4.39 Å². The summed E-state index contributed by atoms with van der Waals surface area (Å²) in [6.07, 6.45) is 2.66. The van der Waals surface area contributed by atoms with Gasteiger partial charge in [-0.2, -0.15) is 0 Å². The summed E-state index contributed by atoms with van der Waals surface area (Å²) in [6.45, 7) is 2.02. The van der Waals surface area contributed by atoms with Crippen molar-refractivity contribution in [3.63, 3.8) is 0 Å². The van der Waals surface area contributed by atoms with Gasteiger partial charge in [-0.1, -0.05) is 34.1 Å². The van der Waals surface area contributed by atoms with Crippen LogP contribution in [0.15, 0.2) is 42.6 Å². The van der Waals surface area contributed by atoms with Gasteiger partial charge in [0.25, 0.3) is 0 Å². The van der Waals surface area contributed by atoms with Crippen molar-refractivity contribution in [3.8, 4) is 0 Å². The van der Waals surface area contributed by atoms with E-state index in [4.69, 9.17) is 0 Å². The maximum absolute atomic E-state index is 12.8. The minimum absolute atomic E-state index is 0.165. The molecule has 17 heavy (non-hydrogen) atoms. The Hall–Kier alpha value is -1.22. The van der Waals surface area contributed by atoms with Crippen molar-refractivity contribution >= 4 is 15.9 Å². The second-order valence-electron chi connectivity index (χ2n) is 4.05. The molecule has 0 fully saturated rings. The van der Waals surface area contributed by atoms with E-state index in [9.17, 15) is 4.39 Å². The number of rotatable bonds is 3. The molecule has 0 aliphatic rings. The predicted molar refractivity (Wildman–Crippen MR) is 70.7 cm³/mol. The molecule has 1 nitrogen and oxygen atoms in total. The highest BCUT2D eigenvalue weighted by Gasteiger charge is 2.09. The van der Waals surface area contributed by atoms with Crippen LogP contribution in [0.2, 0.25) is 0 Å². The summed E-state index contributed by atoms with van der Waals surface area (Å²) in [5.41, 5.74) is 3.25. The molecular weight excluding hydrogens is 281 g/mol. The number of alkyl halides is 1. The van der Waals surface area contributed by atoms with Gasteiger partial charge >= 0.3 is 0 Å². The van der Waals surface area contributed by atoms with E-state index in [1.165, 1.54) is 12.1 Å². The van der Waals surface area contributed by atoms with Crippen LogP contribution >= 0.6 is 15.9 Å². The van der Waals surface area contributed by atoms with Crippen LogP contribution in [0.1, 0.15) is 21.6 Å². The van der Waals surface area contributed by atoms with Crippen molar-refractivity contribution in [1.82, 2.24) is 4.98 Å². The van der Waals surface area contributed by atoms with Gasteiger partial charge in [0.2, 0.25) is 0 Å². The Morgan fingerprint density at radius 3 is 2.47 bits per heavy atom. The zero-order valence-electron chi connectivity index (χ0n) is 9.53. The molecule has 1 atom stereocenters. The quantitative estimate of drug-likeness (QED) is 0.773. The fourth-order valence-corrected chi connectivity index (χ4v) is 2.23. The van der Waals surface area contributed by atoms with Crippen molar-refractivity contribution in [2.24, 2.45) is 0 Å². The van der Waals surface area contributed by atoms with Crippen LogP contribution in [0, 0.1) is 12.7 Å². The lowest BCUT2D eigenvalue weighted by Crippen LogP contribution is -1.98. The molecule has 0 saturated carbocycles. The van der Waals surface area contributed by atoms with E-state index in [0.29, 0.717) is 0 Å². The van der Waals surface area contributed by atoms with Gasteiger partial charge < -0.3 is 0 Å². The van der Waals surface area contributed by atoms with Gasteiger partial charge in [0, 0.05) is 23.1 Å². The smallest absolute Gasteiger partial charge is 0.123 e. The first-order valence-electron chi connectivity index (χ1n) is 5.46. The summed E-state index contributed by atoms with van der Waals surface area (Å²) >= 11 is 3.60. The Morgan fingerprint density at radius 1 is 1.18 bits per heavy atom. The van der Waals surface area contributed by atoms with Crippen LogP contribution < -0.4 is 0 Å². The van der Waals surface area contributed by atoms with E-state index in [1.807, 2.05) is 25.3 Å². The molecule has 0 saturated heterocycles. The van der Waals surface area contributed by atoms with Crippen molar-refractivity contribution in [2.45, 2.75) is 18.2 Å². The van der Waals surface area contributed by atoms with Crippen LogP contribution in [0.4, 0.5) is 4.39 Å². The number of benzene rings is 1. The van der Waals surface area contributed by atoms with Gasteiger partial charge in [0.1, 0.15) is 5.82 Å². The lowest BCUT2D eigenvalue weighted by Gasteiger charge is -2.09. The van der Waals surface area contributed by atoms with E-state index in [2.05, 4.69) is 20.9 Å². The Morgan fingerprint density at radius 2 is 1.88 bits per heavy atom. The van der Waals surface area contributed by atoms with Gasteiger partial charge in [-0.15, -0.1) is 0 Å². The molecule has 0 amide bonds. The summed E-state index contributed by atoms with van der Waals surface area (Å²) in [7, 11) is 0. The molecule has 0 N–H and O–H groups in total. The zero-order valence-corrected chi connectivity index (χ0v) is 11.1. The monoisotopic (exact) mass is 293 g/mol. The van der Waals surface area contributed by atoms with Gasteiger partial charge in [-0.05, 0) is 36.2 Å². The Kier molecular flexibility index (Phi) is 3.89. The van der Waals surface area contributed by atoms with Crippen LogP contribution in [-0.4, -0.2) is 4.98 Å². The van der Waals surface area contributed by atoms with Crippen molar-refractivity contribution in [3.05, 3.63) is 65.2 Å². The number of hydrogen-bond donors (Lipinski definition) is 0. The topological polar surface area (TPSA) is 12.9 Å². The van der Waals surface area contributed by atoms with Crippen molar-refractivity contribution in [1.29, 1.82) is 0 Å². The lowest BCUT2D eigenvalue weighted by atomic mass is 10.1. The fraction of sp³-hybridized carbons (Fsp3) is 0.214. The second-order valence-corrected chi connectivity index (χ2v) is 5.16. The Labute approximate surface area is 109 Å². The lowest BCUT2D eigenvalue weighted by molar-refractivity contribution is 0.627. The van der Waals surface area contributed by atoms with Crippen LogP contribution in [-0.2, 0) is 6.42 Å². The average Bonchev–Trinajstić information content (AvgIpc) is 2.33. The van der Waals surface area contributed by atoms with Crippen LogP contribution in [0.5, 0.6) is 0 Å². The fourth-order valence-electron chi connectivity index (χ4n) is 1.59. The van der Waals surface area contributed by atoms with E-state index >= 15 is 0 Å². The maximum Gasteiger partial charge on any atom is 0.123 e. The summed E-state index contributed by atoms with van der Waals surface area (Å²) < 4.78 is 12.8. The highest BCUT2D eigenvalue weighted by Crippen LogP contribution is 2.26. The number of nitrogens with zero attached hydrogens (tertiary/aromatic N) is 1. The molecule has 1 aromatic carbocycles. The predicted octanol–water partition coefficient (Wildman–Crippen LogP) is 4.21. The molecule has 1 heterocycles. The number of pyridine rings is 1. The standard InChI is InChI=1S/C14H13BrFN/c1-10-2-7-13(17-9-10)8-14(15)11-3-5-12(16)6-4-11/h2-7,9,14H,8H2,1H3. The number of halogens is 2. The molecule has 0 radical (unpaired) electrons. The van der Waals surface area contributed by atoms with E-state index in [0.717, 1.165) is 23.2 Å². The van der Waals surface area contributed by atoms with Gasteiger partial charge in [0.05, 0.1) is 0 Å². The van der Waals surface area contributed by atoms with Crippen molar-refractivity contribution < 1.29 is 4.39 Å². The highest BCUT2D eigenvalue weighted by atomic mass is 79.9. The minimum atomic E-state index is -0.207. The first kappa shape index (κ1) is 12.2. The summed E-state index contributed by atoms with van der Waals surface area (Å²) in [6, 6.07) is 10.6. The molecule has 0 bridgehead atoms. The molecule has 2 rings (SSSR count). The van der Waals surface area contributed by atoms with E-state index < -0.39 is 0 Å². The first-order chi connectivity index (χ1) is 8.15. The first-order valence-corrected chi connectivity index (χ1v) is 6.38. The summed E-state index contributed by atoms with van der Waals surface area (Å²) in [5, 5.41) is 0. The normalized spacial score (nSPS) is 12.4. The highest BCUT2D eigenvalue weighted by molar-refractivity contribution is 9.09. The molecular formula is C14H13BrFN. The number of hydrogen-bond acceptors (Lipinski definition) is 1. The number of aromatic nitrogens is 1. The molecule has 1 aromatic heterocycles. The molecule has 88 valence electrons. The molecule has 2 aromatic rings. The zero-order chi connectivity index (χ0) is 12.3. The molecule has 3 heteroatoms. The average molecular weight is 294 g/mol. The SMILES string of the molecule is Cc1ccc(CC(Br)c2ccc(F)cc2)nc1. The third kappa shape index (κ3) is 3.37. The molecule has 0 aliphatic carbocycles. The van der Waals surface area contributed by atoms with Crippen molar-refractivity contribution in [2.75, 3.05) is 0 Å². The molecule has 1 unspecified atom stereocenters. The number of aryl methyl sites for hydroxylation is 1. The largest absolute Gasteiger partial charge is 0.261 e. The third-order valence-electron chi connectivity index (χ3n) is 2.59. The van der Waals surface area contributed by atoms with Gasteiger partial charge in [0.15, 0.2) is 0 Å². The van der Waals surface area contributed by atoms with Gasteiger partial charge in [-0.3, -0.25) is 4.98 Å². The molecule has 0 spiro atoms. The molecule has 0 aliphatic heterocycles. The third-order valence-corrected chi connectivity index (χ3v) is 3.45. The summed E-state index contributed by atoms with van der Waals surface area (Å²) in [5.74, 6) is -0.207. The maximum atomic E-state index is 12.8. The second kappa shape index (κ2) is 5.41. The van der Waals surface area contributed by atoms with E-state index in [1.54, 1.807) is 12.1 Å². The van der Waals surface area contributed by atoms with Crippen LogP contribution in [0.3, 0.4) is 0 Å². The Bertz CT molecular complexity index is 479. The Balaban J connectivity index is 2.08.